The molecule has 0 radical (unpaired) electrons. The van der Waals surface area contributed by atoms with Crippen molar-refractivity contribution in [3.8, 4) is 11.5 Å². The molecule has 0 unspecified atom stereocenters. The van der Waals surface area contributed by atoms with E-state index in [2.05, 4.69) is 0 Å². The van der Waals surface area contributed by atoms with Gasteiger partial charge in [0.15, 0.2) is 9.84 Å². The number of hydrogen-bond acceptors (Lipinski definition) is 4. The highest BCUT2D eigenvalue weighted by molar-refractivity contribution is 7.91. The lowest BCUT2D eigenvalue weighted by Crippen LogP contribution is -2.04. The zero-order chi connectivity index (χ0) is 13.9. The number of sulfone groups is 1. The van der Waals surface area contributed by atoms with Crippen molar-refractivity contribution < 1.29 is 13.2 Å². The summed E-state index contributed by atoms with van der Waals surface area (Å²) in [5, 5.41) is 0. The van der Waals surface area contributed by atoms with Crippen LogP contribution in [0.5, 0.6) is 11.5 Å². The molecular weight excluding hydrogens is 262 g/mol. The first-order valence-electron chi connectivity index (χ1n) is 5.88. The molecular formula is C14H15NO3S. The van der Waals surface area contributed by atoms with Crippen molar-refractivity contribution in [2.45, 2.75) is 11.8 Å². The molecule has 2 aromatic rings. The molecule has 0 aliphatic rings. The van der Waals surface area contributed by atoms with Crippen LogP contribution in [0, 0.1) is 0 Å². The largest absolute Gasteiger partial charge is 0.455 e. The van der Waals surface area contributed by atoms with E-state index in [1.807, 2.05) is 18.2 Å². The maximum absolute atomic E-state index is 11.7. The third-order valence-corrected chi connectivity index (χ3v) is 4.42. The van der Waals surface area contributed by atoms with E-state index in [4.69, 9.17) is 10.5 Å². The van der Waals surface area contributed by atoms with Crippen LogP contribution in [0.25, 0.3) is 0 Å². The molecule has 0 fully saturated rings. The Balaban J connectivity index is 2.31. The molecule has 0 atom stereocenters. The SMILES string of the molecule is CCS(=O)(=O)c1ccc(Oc2ccccc2)c(N)c1. The molecule has 0 heterocycles. The van der Waals surface area contributed by atoms with E-state index in [1.54, 1.807) is 25.1 Å². The molecule has 0 aliphatic carbocycles. The monoisotopic (exact) mass is 277 g/mol. The highest BCUT2D eigenvalue weighted by atomic mass is 32.2. The van der Waals surface area contributed by atoms with E-state index in [1.165, 1.54) is 12.1 Å². The molecule has 19 heavy (non-hydrogen) atoms. The Labute approximate surface area is 112 Å². The van der Waals surface area contributed by atoms with Crippen molar-refractivity contribution in [2.24, 2.45) is 0 Å². The summed E-state index contributed by atoms with van der Waals surface area (Å²) >= 11 is 0. The quantitative estimate of drug-likeness (QED) is 0.872. The van der Waals surface area contributed by atoms with E-state index >= 15 is 0 Å². The molecule has 0 spiro atoms. The number of rotatable bonds is 4. The summed E-state index contributed by atoms with van der Waals surface area (Å²) in [4.78, 5) is 0.216. The van der Waals surface area contributed by atoms with Gasteiger partial charge in [-0.15, -0.1) is 0 Å². The first-order valence-corrected chi connectivity index (χ1v) is 7.53. The number of benzene rings is 2. The Morgan fingerprint density at radius 3 is 2.37 bits per heavy atom. The molecule has 5 heteroatoms. The molecule has 2 aromatic carbocycles. The van der Waals surface area contributed by atoms with Crippen LogP contribution in [0.4, 0.5) is 5.69 Å². The number of ether oxygens (including phenoxy) is 1. The average Bonchev–Trinajstić information content (AvgIpc) is 2.42. The van der Waals surface area contributed by atoms with Crippen LogP contribution in [0.15, 0.2) is 53.4 Å². The lowest BCUT2D eigenvalue weighted by Gasteiger charge is -2.10. The molecule has 0 amide bonds. The molecule has 0 saturated carbocycles. The minimum absolute atomic E-state index is 0.0470. The topological polar surface area (TPSA) is 69.4 Å². The van der Waals surface area contributed by atoms with Crippen molar-refractivity contribution in [1.29, 1.82) is 0 Å². The molecule has 0 saturated heterocycles. The summed E-state index contributed by atoms with van der Waals surface area (Å²) in [6.45, 7) is 1.60. The van der Waals surface area contributed by atoms with E-state index < -0.39 is 9.84 Å². The van der Waals surface area contributed by atoms with Crippen molar-refractivity contribution >= 4 is 15.5 Å². The van der Waals surface area contributed by atoms with Gasteiger partial charge in [-0.05, 0) is 30.3 Å². The van der Waals surface area contributed by atoms with Gasteiger partial charge in [0, 0.05) is 0 Å². The predicted molar refractivity (Wildman–Crippen MR) is 75.1 cm³/mol. The van der Waals surface area contributed by atoms with Gasteiger partial charge in [-0.3, -0.25) is 0 Å². The highest BCUT2D eigenvalue weighted by Crippen LogP contribution is 2.29. The predicted octanol–water partition coefficient (Wildman–Crippen LogP) is 2.85. The number of nitrogen functional groups attached to an aromatic ring is 1. The lowest BCUT2D eigenvalue weighted by molar-refractivity contribution is 0.484. The molecule has 100 valence electrons. The summed E-state index contributed by atoms with van der Waals surface area (Å²) in [6.07, 6.45) is 0. The van der Waals surface area contributed by atoms with E-state index in [9.17, 15) is 8.42 Å². The normalized spacial score (nSPS) is 11.2. The average molecular weight is 277 g/mol. The Morgan fingerprint density at radius 1 is 1.11 bits per heavy atom. The fraction of sp³-hybridized carbons (Fsp3) is 0.143. The third-order valence-electron chi connectivity index (χ3n) is 2.69. The number of hydrogen-bond donors (Lipinski definition) is 1. The zero-order valence-electron chi connectivity index (χ0n) is 10.5. The number of anilines is 1. The smallest absolute Gasteiger partial charge is 0.178 e. The van der Waals surface area contributed by atoms with E-state index in [0.29, 0.717) is 17.2 Å². The standard InChI is InChI=1S/C14H15NO3S/c1-2-19(16,17)12-8-9-14(13(15)10-12)18-11-6-4-3-5-7-11/h3-10H,2,15H2,1H3. The Hall–Kier alpha value is -2.01. The minimum Gasteiger partial charge on any atom is -0.455 e. The summed E-state index contributed by atoms with van der Waals surface area (Å²) < 4.78 is 29.0. The molecule has 0 bridgehead atoms. The van der Waals surface area contributed by atoms with Crippen LogP contribution in [0.1, 0.15) is 6.92 Å². The van der Waals surface area contributed by atoms with Crippen LogP contribution in [0.3, 0.4) is 0 Å². The van der Waals surface area contributed by atoms with Crippen LogP contribution >= 0.6 is 0 Å². The van der Waals surface area contributed by atoms with Crippen molar-refractivity contribution in [3.63, 3.8) is 0 Å². The molecule has 0 aromatic heterocycles. The first-order chi connectivity index (χ1) is 9.03. The van der Waals surface area contributed by atoms with Crippen LogP contribution in [-0.4, -0.2) is 14.2 Å². The first kappa shape index (κ1) is 13.4. The fourth-order valence-electron chi connectivity index (χ4n) is 1.60. The molecule has 4 nitrogen and oxygen atoms in total. The van der Waals surface area contributed by atoms with Crippen molar-refractivity contribution in [1.82, 2.24) is 0 Å². The van der Waals surface area contributed by atoms with Gasteiger partial charge in [0.05, 0.1) is 16.3 Å². The van der Waals surface area contributed by atoms with Gasteiger partial charge < -0.3 is 10.5 Å². The Morgan fingerprint density at radius 2 is 1.79 bits per heavy atom. The summed E-state index contributed by atoms with van der Waals surface area (Å²) in [5.41, 5.74) is 6.14. The second kappa shape index (κ2) is 5.32. The second-order valence-corrected chi connectivity index (χ2v) is 6.30. The van der Waals surface area contributed by atoms with Crippen molar-refractivity contribution in [2.75, 3.05) is 11.5 Å². The molecule has 2 N–H and O–H groups in total. The summed E-state index contributed by atoms with van der Waals surface area (Å²) in [7, 11) is -3.25. The van der Waals surface area contributed by atoms with Gasteiger partial charge in [-0.2, -0.15) is 0 Å². The van der Waals surface area contributed by atoms with Crippen LogP contribution < -0.4 is 10.5 Å². The van der Waals surface area contributed by atoms with Gasteiger partial charge in [0.2, 0.25) is 0 Å². The third kappa shape index (κ3) is 3.06. The Bertz CT molecular complexity index is 666. The number of para-hydroxylation sites is 1. The van der Waals surface area contributed by atoms with Gasteiger partial charge >= 0.3 is 0 Å². The zero-order valence-corrected chi connectivity index (χ0v) is 11.4. The van der Waals surface area contributed by atoms with Crippen molar-refractivity contribution in [3.05, 3.63) is 48.5 Å². The van der Waals surface area contributed by atoms with E-state index in [0.717, 1.165) is 0 Å². The molecule has 2 rings (SSSR count). The van der Waals surface area contributed by atoms with Gasteiger partial charge in [-0.25, -0.2) is 8.42 Å². The second-order valence-electron chi connectivity index (χ2n) is 4.02. The Kier molecular flexibility index (Phi) is 3.76. The summed E-state index contributed by atoms with van der Waals surface area (Å²) in [6, 6.07) is 13.7. The number of nitrogens with two attached hydrogens (primary N) is 1. The van der Waals surface area contributed by atoms with Crippen LogP contribution in [-0.2, 0) is 9.84 Å². The highest BCUT2D eigenvalue weighted by Gasteiger charge is 2.13. The minimum atomic E-state index is -3.25. The fourth-order valence-corrected chi connectivity index (χ4v) is 2.51. The van der Waals surface area contributed by atoms with Crippen LogP contribution in [0.2, 0.25) is 0 Å². The van der Waals surface area contributed by atoms with Gasteiger partial charge in [0.25, 0.3) is 0 Å². The molecule has 0 aliphatic heterocycles. The van der Waals surface area contributed by atoms with E-state index in [-0.39, 0.29) is 10.6 Å². The lowest BCUT2D eigenvalue weighted by atomic mass is 10.3. The summed E-state index contributed by atoms with van der Waals surface area (Å²) in [5.74, 6) is 1.15. The maximum Gasteiger partial charge on any atom is 0.178 e. The van der Waals surface area contributed by atoms with Gasteiger partial charge in [-0.1, -0.05) is 25.1 Å². The van der Waals surface area contributed by atoms with Gasteiger partial charge in [0.1, 0.15) is 11.5 Å². The maximum atomic E-state index is 11.7.